The monoisotopic (exact) mass is 309 g/mol. The van der Waals surface area contributed by atoms with Gasteiger partial charge in [0.25, 0.3) is 5.91 Å². The standard InChI is InChI=1S/C14H16ClN3OS/c1-3-16-12-5-4-11(15)13(18-12)14(19)17-9(2)10-6-7-20-8-10/h4-9H,3H2,1-2H3,(H,16,18)(H,17,19). The lowest BCUT2D eigenvalue weighted by Crippen LogP contribution is -2.27. The van der Waals surface area contributed by atoms with Gasteiger partial charge in [-0.1, -0.05) is 11.6 Å². The zero-order valence-corrected chi connectivity index (χ0v) is 12.9. The van der Waals surface area contributed by atoms with E-state index in [-0.39, 0.29) is 17.6 Å². The van der Waals surface area contributed by atoms with Crippen molar-refractivity contribution in [2.45, 2.75) is 19.9 Å². The van der Waals surface area contributed by atoms with Gasteiger partial charge >= 0.3 is 0 Å². The molecule has 0 aliphatic carbocycles. The van der Waals surface area contributed by atoms with Crippen LogP contribution >= 0.6 is 22.9 Å². The molecule has 0 aliphatic heterocycles. The molecule has 0 saturated heterocycles. The molecule has 20 heavy (non-hydrogen) atoms. The minimum atomic E-state index is -0.270. The third kappa shape index (κ3) is 3.49. The molecular weight excluding hydrogens is 294 g/mol. The maximum absolute atomic E-state index is 12.2. The lowest BCUT2D eigenvalue weighted by Gasteiger charge is -2.13. The molecule has 0 radical (unpaired) electrons. The lowest BCUT2D eigenvalue weighted by atomic mass is 10.2. The summed E-state index contributed by atoms with van der Waals surface area (Å²) < 4.78 is 0. The van der Waals surface area contributed by atoms with Gasteiger partial charge in [0.15, 0.2) is 0 Å². The van der Waals surface area contributed by atoms with Crippen LogP contribution < -0.4 is 10.6 Å². The van der Waals surface area contributed by atoms with Gasteiger partial charge in [0.1, 0.15) is 11.5 Å². The fourth-order valence-electron chi connectivity index (χ4n) is 1.75. The van der Waals surface area contributed by atoms with Crippen molar-refractivity contribution in [2.24, 2.45) is 0 Å². The van der Waals surface area contributed by atoms with E-state index in [0.29, 0.717) is 10.8 Å². The molecule has 1 unspecified atom stereocenters. The van der Waals surface area contributed by atoms with E-state index in [1.807, 2.05) is 30.7 Å². The fraction of sp³-hybridized carbons (Fsp3) is 0.286. The molecule has 0 aliphatic rings. The number of hydrogen-bond donors (Lipinski definition) is 2. The van der Waals surface area contributed by atoms with E-state index < -0.39 is 0 Å². The summed E-state index contributed by atoms with van der Waals surface area (Å²) in [7, 11) is 0. The van der Waals surface area contributed by atoms with Crippen LogP contribution in [0.3, 0.4) is 0 Å². The van der Waals surface area contributed by atoms with Crippen molar-refractivity contribution < 1.29 is 4.79 Å². The highest BCUT2D eigenvalue weighted by atomic mass is 35.5. The lowest BCUT2D eigenvalue weighted by molar-refractivity contribution is 0.0935. The first-order chi connectivity index (χ1) is 9.61. The van der Waals surface area contributed by atoms with Crippen LogP contribution in [0.4, 0.5) is 5.82 Å². The van der Waals surface area contributed by atoms with Crippen molar-refractivity contribution in [3.63, 3.8) is 0 Å². The number of halogens is 1. The SMILES string of the molecule is CCNc1ccc(Cl)c(C(=O)NC(C)c2ccsc2)n1. The highest BCUT2D eigenvalue weighted by molar-refractivity contribution is 7.07. The van der Waals surface area contributed by atoms with Gasteiger partial charge in [-0.3, -0.25) is 4.79 Å². The molecule has 106 valence electrons. The summed E-state index contributed by atoms with van der Waals surface area (Å²) in [5.41, 5.74) is 1.31. The van der Waals surface area contributed by atoms with Gasteiger partial charge in [-0.2, -0.15) is 11.3 Å². The van der Waals surface area contributed by atoms with E-state index in [2.05, 4.69) is 15.6 Å². The largest absolute Gasteiger partial charge is 0.370 e. The molecule has 4 nitrogen and oxygen atoms in total. The first-order valence-electron chi connectivity index (χ1n) is 6.35. The molecule has 0 saturated carbocycles. The Balaban J connectivity index is 2.14. The summed E-state index contributed by atoms with van der Waals surface area (Å²) in [6.45, 7) is 4.64. The van der Waals surface area contributed by atoms with Gasteiger partial charge in [-0.15, -0.1) is 0 Å². The summed E-state index contributed by atoms with van der Waals surface area (Å²) in [4.78, 5) is 16.5. The Morgan fingerprint density at radius 3 is 2.90 bits per heavy atom. The number of amides is 1. The Bertz CT molecular complexity index is 586. The molecule has 0 bridgehead atoms. The Hall–Kier alpha value is -1.59. The number of aromatic nitrogens is 1. The number of rotatable bonds is 5. The Morgan fingerprint density at radius 2 is 2.25 bits per heavy atom. The van der Waals surface area contributed by atoms with Gasteiger partial charge in [0.2, 0.25) is 0 Å². The van der Waals surface area contributed by atoms with Crippen LogP contribution in [0.2, 0.25) is 5.02 Å². The molecule has 2 aromatic heterocycles. The van der Waals surface area contributed by atoms with E-state index in [0.717, 1.165) is 12.1 Å². The minimum Gasteiger partial charge on any atom is -0.370 e. The third-order valence-electron chi connectivity index (χ3n) is 2.81. The normalized spacial score (nSPS) is 11.9. The maximum Gasteiger partial charge on any atom is 0.271 e. The first kappa shape index (κ1) is 14.8. The van der Waals surface area contributed by atoms with Crippen molar-refractivity contribution in [1.29, 1.82) is 0 Å². The summed E-state index contributed by atoms with van der Waals surface area (Å²) in [6, 6.07) is 5.34. The average molecular weight is 310 g/mol. The van der Waals surface area contributed by atoms with Gasteiger partial charge in [-0.25, -0.2) is 4.98 Å². The van der Waals surface area contributed by atoms with Crippen molar-refractivity contribution in [3.8, 4) is 0 Å². The summed E-state index contributed by atoms with van der Waals surface area (Å²) >= 11 is 7.65. The van der Waals surface area contributed by atoms with Crippen LogP contribution in [-0.4, -0.2) is 17.4 Å². The molecule has 1 amide bonds. The molecule has 2 N–H and O–H groups in total. The predicted molar refractivity (Wildman–Crippen MR) is 83.6 cm³/mol. The second-order valence-electron chi connectivity index (χ2n) is 4.31. The molecule has 0 fully saturated rings. The molecule has 6 heteroatoms. The molecule has 2 rings (SSSR count). The number of pyridine rings is 1. The van der Waals surface area contributed by atoms with Crippen molar-refractivity contribution in [2.75, 3.05) is 11.9 Å². The Labute approximate surface area is 127 Å². The first-order valence-corrected chi connectivity index (χ1v) is 7.67. The molecule has 0 spiro atoms. The minimum absolute atomic E-state index is 0.0746. The highest BCUT2D eigenvalue weighted by Crippen LogP contribution is 2.19. The van der Waals surface area contributed by atoms with Gasteiger partial charge in [0.05, 0.1) is 11.1 Å². The van der Waals surface area contributed by atoms with Crippen molar-refractivity contribution in [3.05, 3.63) is 45.2 Å². The van der Waals surface area contributed by atoms with E-state index in [9.17, 15) is 4.79 Å². The van der Waals surface area contributed by atoms with Crippen molar-refractivity contribution in [1.82, 2.24) is 10.3 Å². The van der Waals surface area contributed by atoms with Crippen LogP contribution in [-0.2, 0) is 0 Å². The topological polar surface area (TPSA) is 54.0 Å². The van der Waals surface area contributed by atoms with Gasteiger partial charge < -0.3 is 10.6 Å². The number of carbonyl (C=O) groups excluding carboxylic acids is 1. The number of anilines is 1. The number of thiophene rings is 1. The van der Waals surface area contributed by atoms with E-state index in [1.165, 1.54) is 0 Å². The van der Waals surface area contributed by atoms with Crippen LogP contribution in [0.25, 0.3) is 0 Å². The quantitative estimate of drug-likeness (QED) is 0.885. The molecular formula is C14H16ClN3OS. The predicted octanol–water partition coefficient (Wildman–Crippen LogP) is 3.72. The van der Waals surface area contributed by atoms with Crippen LogP contribution in [0.5, 0.6) is 0 Å². The molecule has 1 atom stereocenters. The summed E-state index contributed by atoms with van der Waals surface area (Å²) in [5.74, 6) is 0.374. The number of nitrogens with one attached hydrogen (secondary N) is 2. The van der Waals surface area contributed by atoms with Crippen molar-refractivity contribution >= 4 is 34.7 Å². The zero-order chi connectivity index (χ0) is 14.5. The Kier molecular flexibility index (Phi) is 4.98. The Morgan fingerprint density at radius 1 is 1.45 bits per heavy atom. The van der Waals surface area contributed by atoms with E-state index in [4.69, 9.17) is 11.6 Å². The second kappa shape index (κ2) is 6.72. The van der Waals surface area contributed by atoms with Crippen LogP contribution in [0, 0.1) is 0 Å². The number of hydrogen-bond acceptors (Lipinski definition) is 4. The third-order valence-corrected chi connectivity index (χ3v) is 3.82. The fourth-order valence-corrected chi connectivity index (χ4v) is 2.70. The maximum atomic E-state index is 12.2. The number of nitrogens with zero attached hydrogens (tertiary/aromatic N) is 1. The molecule has 0 aromatic carbocycles. The second-order valence-corrected chi connectivity index (χ2v) is 5.50. The van der Waals surface area contributed by atoms with Crippen LogP contribution in [0.15, 0.2) is 29.0 Å². The summed E-state index contributed by atoms with van der Waals surface area (Å²) in [5, 5.41) is 10.3. The van der Waals surface area contributed by atoms with Crippen LogP contribution in [0.1, 0.15) is 35.9 Å². The molecule has 2 heterocycles. The van der Waals surface area contributed by atoms with Gasteiger partial charge in [-0.05, 0) is 48.4 Å². The zero-order valence-electron chi connectivity index (χ0n) is 11.3. The highest BCUT2D eigenvalue weighted by Gasteiger charge is 2.16. The number of carbonyl (C=O) groups is 1. The van der Waals surface area contributed by atoms with E-state index in [1.54, 1.807) is 23.5 Å². The smallest absolute Gasteiger partial charge is 0.271 e. The van der Waals surface area contributed by atoms with E-state index >= 15 is 0 Å². The average Bonchev–Trinajstić information content (AvgIpc) is 2.95. The summed E-state index contributed by atoms with van der Waals surface area (Å²) in [6.07, 6.45) is 0. The molecule has 2 aromatic rings. The van der Waals surface area contributed by atoms with Gasteiger partial charge in [0, 0.05) is 6.54 Å².